The van der Waals surface area contributed by atoms with Crippen LogP contribution in [0.25, 0.3) is 0 Å². The predicted octanol–water partition coefficient (Wildman–Crippen LogP) is 1.04. The van der Waals surface area contributed by atoms with E-state index in [9.17, 15) is 9.18 Å². The topological polar surface area (TPSA) is 50.8 Å². The summed E-state index contributed by atoms with van der Waals surface area (Å²) in [5, 5.41) is 3.02. The van der Waals surface area contributed by atoms with Gasteiger partial charge in [-0.25, -0.2) is 4.39 Å². The van der Waals surface area contributed by atoms with Crippen molar-refractivity contribution in [3.05, 3.63) is 30.1 Å². The molecular weight excluding hydrogens is 287 g/mol. The maximum absolute atomic E-state index is 12.8. The largest absolute Gasteiger partial charge is 0.494 e. The first-order valence-corrected chi connectivity index (χ1v) is 7.69. The molecule has 0 saturated carbocycles. The number of hydrogen-bond donors (Lipinski definition) is 1. The summed E-state index contributed by atoms with van der Waals surface area (Å²) >= 11 is 0. The van der Waals surface area contributed by atoms with Crippen LogP contribution in [0.2, 0.25) is 0 Å². The number of carbonyl (C=O) groups is 1. The molecule has 5 nitrogen and oxygen atoms in total. The molecular formula is C16H21FN2O3. The smallest absolute Gasteiger partial charge is 0.227 e. The summed E-state index contributed by atoms with van der Waals surface area (Å²) in [5.41, 5.74) is 0. The van der Waals surface area contributed by atoms with E-state index in [-0.39, 0.29) is 23.7 Å². The Bertz CT molecular complexity index is 509. The van der Waals surface area contributed by atoms with Crippen LogP contribution >= 0.6 is 0 Å². The summed E-state index contributed by atoms with van der Waals surface area (Å²) < 4.78 is 23.9. The summed E-state index contributed by atoms with van der Waals surface area (Å²) in [6, 6.07) is 6.13. The van der Waals surface area contributed by atoms with Crippen LogP contribution in [-0.4, -0.2) is 56.3 Å². The Hall–Kier alpha value is -1.66. The minimum absolute atomic E-state index is 0.0782. The van der Waals surface area contributed by atoms with Crippen molar-refractivity contribution in [3.63, 3.8) is 0 Å². The van der Waals surface area contributed by atoms with Gasteiger partial charge in [-0.05, 0) is 30.7 Å². The highest BCUT2D eigenvalue weighted by Crippen LogP contribution is 2.15. The lowest BCUT2D eigenvalue weighted by Crippen LogP contribution is -2.42. The maximum atomic E-state index is 12.8. The monoisotopic (exact) mass is 308 g/mol. The zero-order valence-electron chi connectivity index (χ0n) is 12.5. The van der Waals surface area contributed by atoms with E-state index in [4.69, 9.17) is 9.47 Å². The van der Waals surface area contributed by atoms with Gasteiger partial charge in [0, 0.05) is 19.6 Å². The number of nitrogens with one attached hydrogen (secondary N) is 1. The van der Waals surface area contributed by atoms with Crippen molar-refractivity contribution in [1.29, 1.82) is 0 Å². The Morgan fingerprint density at radius 1 is 1.27 bits per heavy atom. The molecule has 1 aromatic carbocycles. The van der Waals surface area contributed by atoms with Gasteiger partial charge in [0.05, 0.1) is 31.8 Å². The highest BCUT2D eigenvalue weighted by Gasteiger charge is 2.32. The van der Waals surface area contributed by atoms with Crippen LogP contribution in [0.5, 0.6) is 5.75 Å². The summed E-state index contributed by atoms with van der Waals surface area (Å²) in [7, 11) is 0. The highest BCUT2D eigenvalue weighted by molar-refractivity contribution is 5.79. The molecule has 2 bridgehead atoms. The fraction of sp³-hybridized carbons (Fsp3) is 0.562. The summed E-state index contributed by atoms with van der Waals surface area (Å²) in [4.78, 5) is 14.2. The number of carbonyl (C=O) groups excluding carboxylic acids is 1. The standard InChI is InChI=1S/C16H21FN2O3/c17-13-2-4-15(5-3-13)22-7-1-6-19-8-12-10-21-11-14(9-19)18-16(12)20/h2-5,12,14H,1,6-11H2,(H,18,20)/t12-,14+/m1/s1. The van der Waals surface area contributed by atoms with Crippen molar-refractivity contribution < 1.29 is 18.7 Å². The Balaban J connectivity index is 1.43. The molecule has 120 valence electrons. The summed E-state index contributed by atoms with van der Waals surface area (Å²) in [6.07, 6.45) is 0.867. The molecule has 2 aliphatic rings. The lowest BCUT2D eigenvalue weighted by atomic mass is 10.1. The molecule has 1 amide bonds. The highest BCUT2D eigenvalue weighted by atomic mass is 19.1. The molecule has 3 rings (SSSR count). The third kappa shape index (κ3) is 3.96. The normalized spacial score (nSPS) is 25.4. The third-order valence-electron chi connectivity index (χ3n) is 4.01. The van der Waals surface area contributed by atoms with E-state index in [1.165, 1.54) is 12.1 Å². The van der Waals surface area contributed by atoms with Crippen LogP contribution in [0, 0.1) is 11.7 Å². The fourth-order valence-electron chi connectivity index (χ4n) is 2.91. The lowest BCUT2D eigenvalue weighted by molar-refractivity contribution is -0.125. The van der Waals surface area contributed by atoms with Gasteiger partial charge >= 0.3 is 0 Å². The SMILES string of the molecule is O=C1N[C@@H]2COC[C@H]1CN(CCCOc1ccc(F)cc1)C2. The van der Waals surface area contributed by atoms with E-state index in [2.05, 4.69) is 10.2 Å². The van der Waals surface area contributed by atoms with E-state index < -0.39 is 0 Å². The predicted molar refractivity (Wildman–Crippen MR) is 79.2 cm³/mol. The van der Waals surface area contributed by atoms with Crippen molar-refractivity contribution in [2.45, 2.75) is 12.5 Å². The Labute approximate surface area is 129 Å². The van der Waals surface area contributed by atoms with E-state index in [0.29, 0.717) is 25.6 Å². The van der Waals surface area contributed by atoms with E-state index in [1.807, 2.05) is 0 Å². The molecule has 0 aromatic heterocycles. The average molecular weight is 308 g/mol. The lowest BCUT2D eigenvalue weighted by Gasteiger charge is -2.27. The molecule has 22 heavy (non-hydrogen) atoms. The summed E-state index contributed by atoms with van der Waals surface area (Å²) in [6.45, 7) is 4.10. The number of amides is 1. The second-order valence-electron chi connectivity index (χ2n) is 5.86. The van der Waals surface area contributed by atoms with Crippen LogP contribution in [0.1, 0.15) is 6.42 Å². The first-order chi connectivity index (χ1) is 10.7. The van der Waals surface area contributed by atoms with Crippen molar-refractivity contribution in [2.75, 3.05) is 39.5 Å². The van der Waals surface area contributed by atoms with Crippen LogP contribution in [-0.2, 0) is 9.53 Å². The van der Waals surface area contributed by atoms with Gasteiger partial charge in [0.25, 0.3) is 0 Å². The molecule has 0 unspecified atom stereocenters. The van der Waals surface area contributed by atoms with E-state index in [1.54, 1.807) is 12.1 Å². The molecule has 2 atom stereocenters. The minimum Gasteiger partial charge on any atom is -0.494 e. The first kappa shape index (κ1) is 15.2. The van der Waals surface area contributed by atoms with Gasteiger partial charge in [-0.1, -0.05) is 0 Å². The maximum Gasteiger partial charge on any atom is 0.227 e. The second kappa shape index (κ2) is 7.07. The van der Waals surface area contributed by atoms with Crippen molar-refractivity contribution in [3.8, 4) is 5.75 Å². The van der Waals surface area contributed by atoms with Gasteiger partial charge in [-0.3, -0.25) is 4.79 Å². The molecule has 2 heterocycles. The molecule has 2 aliphatic heterocycles. The van der Waals surface area contributed by atoms with Crippen LogP contribution in [0.15, 0.2) is 24.3 Å². The number of benzene rings is 1. The van der Waals surface area contributed by atoms with Crippen LogP contribution in [0.3, 0.4) is 0 Å². The molecule has 1 N–H and O–H groups in total. The zero-order chi connectivity index (χ0) is 15.4. The number of rotatable bonds is 5. The minimum atomic E-state index is -0.261. The fourth-order valence-corrected chi connectivity index (χ4v) is 2.91. The molecule has 2 saturated heterocycles. The van der Waals surface area contributed by atoms with Gasteiger partial charge < -0.3 is 19.7 Å². The van der Waals surface area contributed by atoms with Gasteiger partial charge in [0.15, 0.2) is 0 Å². The molecule has 0 spiro atoms. The van der Waals surface area contributed by atoms with Crippen molar-refractivity contribution >= 4 is 5.91 Å². The molecule has 1 aromatic rings. The molecule has 0 aliphatic carbocycles. The molecule has 6 heteroatoms. The van der Waals surface area contributed by atoms with E-state index >= 15 is 0 Å². The van der Waals surface area contributed by atoms with Gasteiger partial charge in [-0.2, -0.15) is 0 Å². The zero-order valence-corrected chi connectivity index (χ0v) is 12.5. The van der Waals surface area contributed by atoms with Crippen LogP contribution in [0.4, 0.5) is 4.39 Å². The van der Waals surface area contributed by atoms with Crippen LogP contribution < -0.4 is 10.1 Å². The second-order valence-corrected chi connectivity index (χ2v) is 5.86. The average Bonchev–Trinajstić information content (AvgIpc) is 2.74. The van der Waals surface area contributed by atoms with Crippen molar-refractivity contribution in [1.82, 2.24) is 10.2 Å². The van der Waals surface area contributed by atoms with Gasteiger partial charge in [-0.15, -0.1) is 0 Å². The first-order valence-electron chi connectivity index (χ1n) is 7.69. The number of fused-ring (bicyclic) bond motifs is 3. The number of hydrogen-bond acceptors (Lipinski definition) is 4. The van der Waals surface area contributed by atoms with E-state index in [0.717, 1.165) is 26.1 Å². The number of halogens is 1. The van der Waals surface area contributed by atoms with Crippen molar-refractivity contribution in [2.24, 2.45) is 5.92 Å². The quantitative estimate of drug-likeness (QED) is 0.826. The third-order valence-corrected chi connectivity index (χ3v) is 4.01. The Morgan fingerprint density at radius 3 is 2.91 bits per heavy atom. The molecule has 0 radical (unpaired) electrons. The number of ether oxygens (including phenoxy) is 2. The number of nitrogens with zero attached hydrogens (tertiary/aromatic N) is 1. The summed E-state index contributed by atoms with van der Waals surface area (Å²) in [5.74, 6) is 0.445. The molecule has 2 fully saturated rings. The Kier molecular flexibility index (Phi) is 4.90. The van der Waals surface area contributed by atoms with Gasteiger partial charge in [0.1, 0.15) is 11.6 Å². The Morgan fingerprint density at radius 2 is 2.09 bits per heavy atom. The van der Waals surface area contributed by atoms with Gasteiger partial charge in [0.2, 0.25) is 5.91 Å².